The lowest BCUT2D eigenvalue weighted by molar-refractivity contribution is 0.0926. The molecule has 8 heteroatoms. The lowest BCUT2D eigenvalue weighted by Crippen LogP contribution is -2.30. The molecule has 10 rings (SSSR count). The summed E-state index contributed by atoms with van der Waals surface area (Å²) in [6.45, 7) is 0. The molecule has 0 aliphatic carbocycles. The average Bonchev–Trinajstić information content (AvgIpc) is 3.75. The molecular weight excluding hydrogens is 717 g/mol. The maximum Gasteiger partial charge on any atom is 0.268 e. The molecule has 58 heavy (non-hydrogen) atoms. The largest absolute Gasteiger partial charge is 0.308 e. The fourth-order valence-corrected chi connectivity index (χ4v) is 8.02. The van der Waals surface area contributed by atoms with Crippen molar-refractivity contribution in [1.29, 1.82) is 10.5 Å². The van der Waals surface area contributed by atoms with Gasteiger partial charge in [0.2, 0.25) is 0 Å². The van der Waals surface area contributed by atoms with Crippen LogP contribution in [0.3, 0.4) is 0 Å². The Morgan fingerprint density at radius 1 is 0.431 bits per heavy atom. The number of nitriles is 2. The maximum absolute atomic E-state index is 15.2. The summed E-state index contributed by atoms with van der Waals surface area (Å²) in [6, 6.07) is 51.0. The molecule has 1 aliphatic rings. The van der Waals surface area contributed by atoms with Crippen LogP contribution in [0, 0.1) is 22.7 Å². The molecule has 270 valence electrons. The summed E-state index contributed by atoms with van der Waals surface area (Å²) in [4.78, 5) is 39.8. The van der Waals surface area contributed by atoms with E-state index in [9.17, 15) is 15.3 Å². The van der Waals surface area contributed by atoms with Crippen molar-refractivity contribution >= 4 is 39.3 Å². The van der Waals surface area contributed by atoms with Gasteiger partial charge in [0.1, 0.15) is 12.1 Å². The lowest BCUT2D eigenvalue weighted by Gasteiger charge is -2.20. The van der Waals surface area contributed by atoms with Gasteiger partial charge >= 0.3 is 0 Å². The Morgan fingerprint density at radius 3 is 1.57 bits per heavy atom. The van der Waals surface area contributed by atoms with Gasteiger partial charge in [-0.3, -0.25) is 19.6 Å². The van der Waals surface area contributed by atoms with Gasteiger partial charge in [-0.2, -0.15) is 10.5 Å². The van der Waals surface area contributed by atoms with Crippen LogP contribution in [-0.2, 0) is 0 Å². The van der Waals surface area contributed by atoms with Gasteiger partial charge in [0.15, 0.2) is 0 Å². The zero-order valence-corrected chi connectivity index (χ0v) is 30.7. The van der Waals surface area contributed by atoms with E-state index in [4.69, 9.17) is 0 Å². The minimum atomic E-state index is -0.433. The second kappa shape index (κ2) is 13.7. The topological polar surface area (TPSA) is 116 Å². The van der Waals surface area contributed by atoms with E-state index in [1.54, 1.807) is 30.6 Å². The predicted molar refractivity (Wildman–Crippen MR) is 225 cm³/mol. The number of aromatic nitrogens is 3. The number of hydrogen-bond donors (Lipinski definition) is 0. The Bertz CT molecular complexity index is 3130. The summed E-state index contributed by atoms with van der Waals surface area (Å²) in [5.74, 6) is -0.845. The van der Waals surface area contributed by atoms with Crippen LogP contribution >= 0.6 is 0 Å². The van der Waals surface area contributed by atoms with Crippen LogP contribution in [0.1, 0.15) is 31.8 Å². The van der Waals surface area contributed by atoms with E-state index in [1.807, 2.05) is 132 Å². The number of hydrogen-bond acceptors (Lipinski definition) is 6. The molecule has 0 N–H and O–H groups in total. The minimum Gasteiger partial charge on any atom is -0.308 e. The molecule has 0 saturated heterocycles. The number of carbonyl (C=O) groups is 2. The van der Waals surface area contributed by atoms with Crippen LogP contribution in [-0.4, -0.2) is 26.3 Å². The lowest BCUT2D eigenvalue weighted by atomic mass is 9.97. The average molecular weight is 745 g/mol. The third kappa shape index (κ3) is 5.52. The molecule has 0 unspecified atom stereocenters. The van der Waals surface area contributed by atoms with Gasteiger partial charge in [-0.1, -0.05) is 103 Å². The Labute approximate surface area is 332 Å². The minimum absolute atomic E-state index is 0.285. The van der Waals surface area contributed by atoms with Crippen LogP contribution in [0.4, 0.5) is 5.69 Å². The second-order valence-electron chi connectivity index (χ2n) is 14.1. The first-order valence-electron chi connectivity index (χ1n) is 18.6. The van der Waals surface area contributed by atoms with Gasteiger partial charge in [0.05, 0.1) is 44.7 Å². The molecule has 4 heterocycles. The van der Waals surface area contributed by atoms with Crippen LogP contribution < -0.4 is 4.90 Å². The first kappa shape index (κ1) is 34.1. The standard InChI is InChI=1S/C50H28N6O2/c51-25-31-20-38(29-53-27-31)36-15-18-41-42-19-16-37(39-21-32(26-52)28-54-30-39)24-47(42)55(46(41)23-36)44-13-7-12-43-48(44)50(58)56(49(43)57)45-22-35(33-8-3-1-4-9-33)14-17-40(45)34-10-5-2-6-11-34/h1-24,27-30H. The van der Waals surface area contributed by atoms with Crippen molar-refractivity contribution in [2.24, 2.45) is 0 Å². The molecule has 0 radical (unpaired) electrons. The number of amides is 2. The van der Waals surface area contributed by atoms with E-state index in [-0.39, 0.29) is 5.56 Å². The highest BCUT2D eigenvalue weighted by molar-refractivity contribution is 6.36. The Kier molecular flexibility index (Phi) is 8.04. The molecule has 8 nitrogen and oxygen atoms in total. The third-order valence-corrected chi connectivity index (χ3v) is 10.7. The predicted octanol–water partition coefficient (Wildman–Crippen LogP) is 10.8. The summed E-state index contributed by atoms with van der Waals surface area (Å²) in [5.41, 5.74) is 10.7. The Morgan fingerprint density at radius 2 is 0.983 bits per heavy atom. The second-order valence-corrected chi connectivity index (χ2v) is 14.1. The van der Waals surface area contributed by atoms with Gasteiger partial charge in [0.25, 0.3) is 11.8 Å². The van der Waals surface area contributed by atoms with Crippen molar-refractivity contribution in [3.05, 3.63) is 193 Å². The van der Waals surface area contributed by atoms with Crippen molar-refractivity contribution in [1.82, 2.24) is 14.5 Å². The van der Waals surface area contributed by atoms with Crippen molar-refractivity contribution < 1.29 is 9.59 Å². The summed E-state index contributed by atoms with van der Waals surface area (Å²) in [7, 11) is 0. The molecule has 3 aromatic heterocycles. The summed E-state index contributed by atoms with van der Waals surface area (Å²) >= 11 is 0. The van der Waals surface area contributed by atoms with Crippen LogP contribution in [0.15, 0.2) is 170 Å². The fourth-order valence-electron chi connectivity index (χ4n) is 8.02. The van der Waals surface area contributed by atoms with Crippen molar-refractivity contribution in [3.8, 4) is 62.3 Å². The molecule has 1 aliphatic heterocycles. The zero-order valence-electron chi connectivity index (χ0n) is 30.7. The molecule has 0 atom stereocenters. The molecule has 0 saturated carbocycles. The molecule has 6 aromatic carbocycles. The fraction of sp³-hybridized carbons (Fsp3) is 0. The van der Waals surface area contributed by atoms with Crippen molar-refractivity contribution in [2.75, 3.05) is 4.90 Å². The first-order chi connectivity index (χ1) is 28.5. The van der Waals surface area contributed by atoms with Gasteiger partial charge in [0, 0.05) is 52.3 Å². The number of rotatable bonds is 6. The van der Waals surface area contributed by atoms with E-state index in [2.05, 4.69) is 22.1 Å². The summed E-state index contributed by atoms with van der Waals surface area (Å²) in [5, 5.41) is 21.1. The van der Waals surface area contributed by atoms with E-state index in [0.717, 1.165) is 66.3 Å². The monoisotopic (exact) mass is 744 g/mol. The highest BCUT2D eigenvalue weighted by Crippen LogP contribution is 2.43. The highest BCUT2D eigenvalue weighted by atomic mass is 16.2. The molecule has 0 fully saturated rings. The quantitative estimate of drug-likeness (QED) is 0.157. The number of benzene rings is 6. The number of fused-ring (bicyclic) bond motifs is 4. The molecule has 0 spiro atoms. The number of imide groups is 1. The summed E-state index contributed by atoms with van der Waals surface area (Å²) in [6.07, 6.45) is 6.49. The number of nitrogens with zero attached hydrogens (tertiary/aromatic N) is 6. The normalized spacial score (nSPS) is 12.1. The van der Waals surface area contributed by atoms with E-state index >= 15 is 4.79 Å². The van der Waals surface area contributed by atoms with Crippen molar-refractivity contribution in [3.63, 3.8) is 0 Å². The van der Waals surface area contributed by atoms with Gasteiger partial charge in [-0.25, -0.2) is 4.90 Å². The summed E-state index contributed by atoms with van der Waals surface area (Å²) < 4.78 is 2.03. The van der Waals surface area contributed by atoms with Gasteiger partial charge < -0.3 is 4.57 Å². The van der Waals surface area contributed by atoms with Gasteiger partial charge in [-0.05, 0) is 70.3 Å². The first-order valence-corrected chi connectivity index (χ1v) is 18.6. The van der Waals surface area contributed by atoms with Gasteiger partial charge in [-0.15, -0.1) is 0 Å². The Balaban J connectivity index is 1.21. The molecule has 0 bridgehead atoms. The SMILES string of the molecule is N#Cc1cncc(-c2ccc3c4ccc(-c5cncc(C#N)c5)cc4n(-c4cccc5c4C(=O)N(c4cc(-c6ccccc6)ccc4-c4ccccc4)C5=O)c3c2)c1. The van der Waals surface area contributed by atoms with E-state index in [1.165, 1.54) is 17.3 Å². The maximum atomic E-state index is 15.2. The highest BCUT2D eigenvalue weighted by Gasteiger charge is 2.40. The molecular formula is C50H28N6O2. The Hall–Kier alpha value is -8.46. The number of carbonyl (C=O) groups excluding carboxylic acids is 2. The van der Waals surface area contributed by atoms with Crippen LogP contribution in [0.5, 0.6) is 0 Å². The van der Waals surface area contributed by atoms with E-state index < -0.39 is 11.8 Å². The number of anilines is 1. The third-order valence-electron chi connectivity index (χ3n) is 10.7. The molecule has 9 aromatic rings. The van der Waals surface area contributed by atoms with E-state index in [0.29, 0.717) is 28.1 Å². The van der Waals surface area contributed by atoms with Crippen molar-refractivity contribution in [2.45, 2.75) is 0 Å². The zero-order chi connectivity index (χ0) is 39.3. The molecule has 2 amide bonds. The van der Waals surface area contributed by atoms with Crippen LogP contribution in [0.25, 0.3) is 72.0 Å². The number of pyridine rings is 2. The van der Waals surface area contributed by atoms with Crippen LogP contribution in [0.2, 0.25) is 0 Å². The smallest absolute Gasteiger partial charge is 0.268 e.